The molecule has 1 aromatic rings. The molecule has 1 unspecified atom stereocenters. The highest BCUT2D eigenvalue weighted by atomic mass is 32.2. The molecule has 10 heteroatoms. The summed E-state index contributed by atoms with van der Waals surface area (Å²) in [5.74, 6) is -0.0790. The third-order valence-electron chi connectivity index (χ3n) is 4.13. The molecule has 1 atom stereocenters. The van der Waals surface area contributed by atoms with E-state index in [0.29, 0.717) is 12.6 Å². The number of alkyl halides is 3. The molecule has 3 rings (SSSR count). The first-order chi connectivity index (χ1) is 11.1. The van der Waals surface area contributed by atoms with Crippen molar-refractivity contribution in [3.63, 3.8) is 0 Å². The molecule has 1 saturated heterocycles. The van der Waals surface area contributed by atoms with Crippen molar-refractivity contribution >= 4 is 21.6 Å². The third-order valence-corrected chi connectivity index (χ3v) is 5.04. The monoisotopic (exact) mass is 363 g/mol. The highest BCUT2D eigenvalue weighted by molar-refractivity contribution is 7.89. The van der Waals surface area contributed by atoms with Crippen LogP contribution < -0.4 is 10.5 Å². The number of hydrogen-bond acceptors (Lipinski definition) is 4. The lowest BCUT2D eigenvalue weighted by Crippen LogP contribution is -2.30. The summed E-state index contributed by atoms with van der Waals surface area (Å²) in [4.78, 5) is 13.0. The number of rotatable bonds is 4. The topological polar surface area (TPSA) is 92.5 Å². The van der Waals surface area contributed by atoms with Crippen molar-refractivity contribution in [2.24, 2.45) is 5.14 Å². The molecule has 2 aliphatic rings. The quantitative estimate of drug-likeness (QED) is 0.849. The van der Waals surface area contributed by atoms with Gasteiger partial charge in [-0.15, -0.1) is 0 Å². The normalized spacial score (nSPS) is 22.1. The Kier molecular flexibility index (Phi) is 3.99. The van der Waals surface area contributed by atoms with Crippen LogP contribution >= 0.6 is 0 Å². The van der Waals surface area contributed by atoms with E-state index in [1.54, 1.807) is 4.90 Å². The Balaban J connectivity index is 1.86. The van der Waals surface area contributed by atoms with Gasteiger partial charge in [-0.05, 0) is 31.0 Å². The molecule has 0 bridgehead atoms. The number of anilines is 1. The van der Waals surface area contributed by atoms with E-state index in [-0.39, 0.29) is 24.1 Å². The van der Waals surface area contributed by atoms with E-state index >= 15 is 0 Å². The van der Waals surface area contributed by atoms with E-state index in [4.69, 9.17) is 5.14 Å². The van der Waals surface area contributed by atoms with Crippen molar-refractivity contribution in [2.75, 3.05) is 11.9 Å². The fraction of sp³-hybridized carbons (Fsp3) is 0.500. The molecular formula is C14H16F3N3O3S. The van der Waals surface area contributed by atoms with Crippen LogP contribution in [0.2, 0.25) is 0 Å². The summed E-state index contributed by atoms with van der Waals surface area (Å²) in [6.07, 6.45) is -2.78. The number of nitrogens with two attached hydrogens (primary N) is 1. The first-order valence-corrected chi connectivity index (χ1v) is 8.90. The van der Waals surface area contributed by atoms with Gasteiger partial charge >= 0.3 is 6.18 Å². The Labute approximate surface area is 136 Å². The van der Waals surface area contributed by atoms with Crippen LogP contribution in [0.1, 0.15) is 24.8 Å². The molecule has 1 saturated carbocycles. The van der Waals surface area contributed by atoms with Crippen LogP contribution in [0, 0.1) is 0 Å². The maximum absolute atomic E-state index is 13.2. The average molecular weight is 363 g/mol. The minimum absolute atomic E-state index is 0.0790. The second kappa shape index (κ2) is 5.62. The molecule has 132 valence electrons. The minimum atomic E-state index is -4.75. The molecule has 0 spiro atoms. The van der Waals surface area contributed by atoms with Crippen molar-refractivity contribution in [3.8, 4) is 0 Å². The molecule has 3 N–H and O–H groups in total. The van der Waals surface area contributed by atoms with Crippen LogP contribution in [0.5, 0.6) is 0 Å². The zero-order valence-corrected chi connectivity index (χ0v) is 13.3. The number of benzene rings is 1. The number of amides is 1. The number of nitrogens with one attached hydrogen (secondary N) is 1. The van der Waals surface area contributed by atoms with Gasteiger partial charge in [0, 0.05) is 24.7 Å². The SMILES string of the molecule is NS(=O)(=O)c1ccc(NC2CC(=O)N(C3CC3)C2)c(C(F)(F)F)c1. The predicted molar refractivity (Wildman–Crippen MR) is 79.6 cm³/mol. The van der Waals surface area contributed by atoms with Gasteiger partial charge in [0.1, 0.15) is 0 Å². The Morgan fingerprint density at radius 1 is 1.25 bits per heavy atom. The fourth-order valence-corrected chi connectivity index (χ4v) is 3.39. The maximum Gasteiger partial charge on any atom is 0.418 e. The molecule has 1 aromatic carbocycles. The van der Waals surface area contributed by atoms with Crippen LogP contribution in [0.4, 0.5) is 18.9 Å². The smallest absolute Gasteiger partial charge is 0.380 e. The average Bonchev–Trinajstić information content (AvgIpc) is 3.21. The van der Waals surface area contributed by atoms with Gasteiger partial charge in [0.2, 0.25) is 15.9 Å². The second-order valence-electron chi connectivity index (χ2n) is 6.07. The summed E-state index contributed by atoms with van der Waals surface area (Å²) in [6.45, 7) is 0.345. The van der Waals surface area contributed by atoms with Gasteiger partial charge in [-0.3, -0.25) is 4.79 Å². The lowest BCUT2D eigenvalue weighted by Gasteiger charge is -2.20. The molecule has 0 aromatic heterocycles. The van der Waals surface area contributed by atoms with Gasteiger partial charge in [-0.1, -0.05) is 0 Å². The van der Waals surface area contributed by atoms with Crippen molar-refractivity contribution in [1.82, 2.24) is 4.90 Å². The van der Waals surface area contributed by atoms with E-state index in [2.05, 4.69) is 5.32 Å². The van der Waals surface area contributed by atoms with Crippen molar-refractivity contribution < 1.29 is 26.4 Å². The minimum Gasteiger partial charge on any atom is -0.380 e. The summed E-state index contributed by atoms with van der Waals surface area (Å²) < 4.78 is 62.2. The van der Waals surface area contributed by atoms with E-state index in [1.807, 2.05) is 0 Å². The molecule has 0 radical (unpaired) electrons. The summed E-state index contributed by atoms with van der Waals surface area (Å²) >= 11 is 0. The Hall–Kier alpha value is -1.81. The van der Waals surface area contributed by atoms with Crippen LogP contribution in [0.15, 0.2) is 23.1 Å². The van der Waals surface area contributed by atoms with Gasteiger partial charge in [0.15, 0.2) is 0 Å². The van der Waals surface area contributed by atoms with Gasteiger partial charge in [-0.2, -0.15) is 13.2 Å². The first kappa shape index (κ1) is 17.0. The summed E-state index contributed by atoms with van der Waals surface area (Å²) in [5, 5.41) is 7.61. The number of likely N-dealkylation sites (tertiary alicyclic amines) is 1. The molecule has 24 heavy (non-hydrogen) atoms. The molecule has 1 aliphatic heterocycles. The Morgan fingerprint density at radius 2 is 1.92 bits per heavy atom. The lowest BCUT2D eigenvalue weighted by molar-refractivity contribution is -0.137. The molecule has 1 amide bonds. The molecule has 6 nitrogen and oxygen atoms in total. The number of carbonyl (C=O) groups is 1. The molecular weight excluding hydrogens is 347 g/mol. The zero-order valence-electron chi connectivity index (χ0n) is 12.5. The van der Waals surface area contributed by atoms with E-state index in [9.17, 15) is 26.4 Å². The number of sulfonamides is 1. The predicted octanol–water partition coefficient (Wildman–Crippen LogP) is 1.53. The molecule has 2 fully saturated rings. The van der Waals surface area contributed by atoms with Crippen LogP contribution in [-0.2, 0) is 21.0 Å². The van der Waals surface area contributed by atoms with Crippen molar-refractivity contribution in [3.05, 3.63) is 23.8 Å². The molecule has 1 heterocycles. The van der Waals surface area contributed by atoms with Gasteiger partial charge < -0.3 is 10.2 Å². The second-order valence-corrected chi connectivity index (χ2v) is 7.63. The maximum atomic E-state index is 13.2. The lowest BCUT2D eigenvalue weighted by atomic mass is 10.1. The first-order valence-electron chi connectivity index (χ1n) is 7.36. The zero-order chi connectivity index (χ0) is 17.7. The Bertz CT molecular complexity index is 775. The summed E-state index contributed by atoms with van der Waals surface area (Å²) in [5.41, 5.74) is -1.38. The Morgan fingerprint density at radius 3 is 2.46 bits per heavy atom. The van der Waals surface area contributed by atoms with Crippen LogP contribution in [-0.4, -0.2) is 37.9 Å². The fourth-order valence-electron chi connectivity index (χ4n) is 2.85. The third kappa shape index (κ3) is 3.48. The van der Waals surface area contributed by atoms with E-state index in [0.717, 1.165) is 25.0 Å². The number of carbonyl (C=O) groups excluding carboxylic acids is 1. The van der Waals surface area contributed by atoms with E-state index < -0.39 is 32.7 Å². The van der Waals surface area contributed by atoms with Crippen molar-refractivity contribution in [2.45, 2.75) is 42.4 Å². The summed E-state index contributed by atoms with van der Waals surface area (Å²) in [6, 6.07) is 2.32. The standard InChI is InChI=1S/C14H16F3N3O3S/c15-14(16,17)11-6-10(24(18,22)23)3-4-12(11)19-8-5-13(21)20(7-8)9-1-2-9/h3-4,6,8-9,19H,1-2,5,7H2,(H2,18,22,23). The van der Waals surface area contributed by atoms with Crippen molar-refractivity contribution in [1.29, 1.82) is 0 Å². The number of hydrogen-bond donors (Lipinski definition) is 2. The van der Waals surface area contributed by atoms with Gasteiger partial charge in [0.25, 0.3) is 0 Å². The van der Waals surface area contributed by atoms with E-state index in [1.165, 1.54) is 0 Å². The number of nitrogens with zero attached hydrogens (tertiary/aromatic N) is 1. The largest absolute Gasteiger partial charge is 0.418 e. The van der Waals surface area contributed by atoms with Gasteiger partial charge in [-0.25, -0.2) is 13.6 Å². The number of halogens is 3. The van der Waals surface area contributed by atoms with Crippen LogP contribution in [0.25, 0.3) is 0 Å². The highest BCUT2D eigenvalue weighted by Gasteiger charge is 2.40. The summed E-state index contributed by atoms with van der Waals surface area (Å²) in [7, 11) is -4.24. The van der Waals surface area contributed by atoms with Gasteiger partial charge in [0.05, 0.1) is 16.5 Å². The molecule has 1 aliphatic carbocycles. The highest BCUT2D eigenvalue weighted by Crippen LogP contribution is 2.37. The number of primary sulfonamides is 1. The van der Waals surface area contributed by atoms with Crippen LogP contribution in [0.3, 0.4) is 0 Å².